The lowest BCUT2D eigenvalue weighted by molar-refractivity contribution is 0.469. The molecule has 0 radical (unpaired) electrons. The van der Waals surface area contributed by atoms with Gasteiger partial charge in [-0.2, -0.15) is 0 Å². The molecule has 2 aromatic rings. The van der Waals surface area contributed by atoms with Crippen molar-refractivity contribution in [3.05, 3.63) is 52.8 Å². The molecule has 21 heavy (non-hydrogen) atoms. The largest absolute Gasteiger partial charge is 0.455 e. The van der Waals surface area contributed by atoms with Crippen molar-refractivity contribution in [3.63, 3.8) is 0 Å². The number of benzene rings is 1. The third kappa shape index (κ3) is 4.45. The maximum absolute atomic E-state index is 6.14. The van der Waals surface area contributed by atoms with Gasteiger partial charge in [-0.1, -0.05) is 25.4 Å². The van der Waals surface area contributed by atoms with Crippen molar-refractivity contribution in [1.82, 2.24) is 10.3 Å². The lowest BCUT2D eigenvalue weighted by Crippen LogP contribution is -2.14. The third-order valence-corrected chi connectivity index (χ3v) is 3.61. The quantitative estimate of drug-likeness (QED) is 0.760. The van der Waals surface area contributed by atoms with E-state index in [0.29, 0.717) is 0 Å². The summed E-state index contributed by atoms with van der Waals surface area (Å²) < 4.78 is 5.98. The van der Waals surface area contributed by atoms with Gasteiger partial charge in [0.25, 0.3) is 0 Å². The number of nitrogens with zero attached hydrogens (tertiary/aromatic N) is 1. The third-order valence-electron chi connectivity index (χ3n) is 3.24. The Bertz CT molecular complexity index is 587. The predicted molar refractivity (Wildman–Crippen MR) is 87.1 cm³/mol. The number of hydrogen-bond donors (Lipinski definition) is 1. The Kier molecular flexibility index (Phi) is 6.03. The molecule has 0 aliphatic heterocycles. The zero-order valence-corrected chi connectivity index (χ0v) is 13.3. The van der Waals surface area contributed by atoms with Crippen LogP contribution in [-0.2, 0) is 13.0 Å². The first kappa shape index (κ1) is 15.8. The molecule has 2 rings (SSSR count). The summed E-state index contributed by atoms with van der Waals surface area (Å²) in [5.74, 6) is 1.58. The van der Waals surface area contributed by atoms with Crippen molar-refractivity contribution in [2.24, 2.45) is 0 Å². The van der Waals surface area contributed by atoms with E-state index in [1.807, 2.05) is 24.3 Å². The average Bonchev–Trinajstić information content (AvgIpc) is 2.51. The number of rotatable bonds is 7. The molecule has 0 spiro atoms. The van der Waals surface area contributed by atoms with Crippen LogP contribution in [0.25, 0.3) is 0 Å². The van der Waals surface area contributed by atoms with Crippen LogP contribution in [0.2, 0.25) is 5.02 Å². The number of ether oxygens (including phenoxy) is 1. The van der Waals surface area contributed by atoms with E-state index in [1.165, 1.54) is 0 Å². The second-order valence-electron chi connectivity index (χ2n) is 4.87. The summed E-state index contributed by atoms with van der Waals surface area (Å²) in [4.78, 5) is 4.15. The minimum atomic E-state index is 0.778. The van der Waals surface area contributed by atoms with Gasteiger partial charge >= 0.3 is 0 Å². The maximum atomic E-state index is 6.14. The van der Waals surface area contributed by atoms with Gasteiger partial charge in [0.05, 0.1) is 6.20 Å². The van der Waals surface area contributed by atoms with E-state index in [1.54, 1.807) is 12.4 Å². The standard InChI is InChI=1S/C17H21ClN2O/c1-3-8-19-11-14-7-9-20-12-17(14)21-15-5-6-16(18)13(4-2)10-15/h5-7,9-10,12,19H,3-4,8,11H2,1-2H3. The summed E-state index contributed by atoms with van der Waals surface area (Å²) in [7, 11) is 0. The molecular weight excluding hydrogens is 284 g/mol. The van der Waals surface area contributed by atoms with Gasteiger partial charge < -0.3 is 10.1 Å². The molecule has 0 aliphatic carbocycles. The van der Waals surface area contributed by atoms with Crippen LogP contribution in [0.5, 0.6) is 11.5 Å². The monoisotopic (exact) mass is 304 g/mol. The van der Waals surface area contributed by atoms with E-state index in [4.69, 9.17) is 16.3 Å². The molecule has 1 aromatic carbocycles. The molecule has 0 aliphatic rings. The highest BCUT2D eigenvalue weighted by Gasteiger charge is 2.07. The van der Waals surface area contributed by atoms with Crippen LogP contribution in [0.3, 0.4) is 0 Å². The van der Waals surface area contributed by atoms with Gasteiger partial charge in [-0.15, -0.1) is 0 Å². The van der Waals surface area contributed by atoms with Crippen LogP contribution in [0.4, 0.5) is 0 Å². The van der Waals surface area contributed by atoms with Crippen molar-refractivity contribution >= 4 is 11.6 Å². The van der Waals surface area contributed by atoms with Gasteiger partial charge in [-0.3, -0.25) is 4.98 Å². The molecule has 0 amide bonds. The van der Waals surface area contributed by atoms with Crippen molar-refractivity contribution in [1.29, 1.82) is 0 Å². The number of hydrogen-bond acceptors (Lipinski definition) is 3. The topological polar surface area (TPSA) is 34.2 Å². The van der Waals surface area contributed by atoms with Crippen LogP contribution in [0.1, 0.15) is 31.4 Å². The van der Waals surface area contributed by atoms with E-state index in [-0.39, 0.29) is 0 Å². The van der Waals surface area contributed by atoms with E-state index in [2.05, 4.69) is 24.1 Å². The van der Waals surface area contributed by atoms with Crippen LogP contribution in [-0.4, -0.2) is 11.5 Å². The Morgan fingerprint density at radius 1 is 1.19 bits per heavy atom. The van der Waals surface area contributed by atoms with Gasteiger partial charge in [0.15, 0.2) is 0 Å². The molecule has 0 bridgehead atoms. The van der Waals surface area contributed by atoms with Crippen LogP contribution < -0.4 is 10.1 Å². The molecule has 0 atom stereocenters. The fraction of sp³-hybridized carbons (Fsp3) is 0.353. The summed E-state index contributed by atoms with van der Waals surface area (Å²) >= 11 is 6.14. The number of nitrogens with one attached hydrogen (secondary N) is 1. The van der Waals surface area contributed by atoms with E-state index >= 15 is 0 Å². The summed E-state index contributed by atoms with van der Waals surface area (Å²) in [5.41, 5.74) is 2.19. The summed E-state index contributed by atoms with van der Waals surface area (Å²) in [6.45, 7) is 5.99. The first-order chi connectivity index (χ1) is 10.2. The number of aryl methyl sites for hydroxylation is 1. The Morgan fingerprint density at radius 2 is 2.05 bits per heavy atom. The molecule has 1 N–H and O–H groups in total. The highest BCUT2D eigenvalue weighted by atomic mass is 35.5. The normalized spacial score (nSPS) is 10.6. The highest BCUT2D eigenvalue weighted by Crippen LogP contribution is 2.28. The van der Waals surface area contributed by atoms with E-state index in [9.17, 15) is 0 Å². The molecule has 1 aromatic heterocycles. The Balaban J connectivity index is 2.15. The minimum absolute atomic E-state index is 0.778. The number of aromatic nitrogens is 1. The Hall–Kier alpha value is -1.58. The van der Waals surface area contributed by atoms with E-state index in [0.717, 1.165) is 53.6 Å². The van der Waals surface area contributed by atoms with Gasteiger partial charge in [-0.05, 0) is 49.2 Å². The lowest BCUT2D eigenvalue weighted by atomic mass is 10.1. The predicted octanol–water partition coefficient (Wildman–Crippen LogP) is 4.59. The van der Waals surface area contributed by atoms with Crippen LogP contribution in [0, 0.1) is 0 Å². The summed E-state index contributed by atoms with van der Waals surface area (Å²) in [6.07, 6.45) is 5.53. The summed E-state index contributed by atoms with van der Waals surface area (Å²) in [5, 5.41) is 4.16. The highest BCUT2D eigenvalue weighted by molar-refractivity contribution is 6.31. The Labute approximate surface area is 131 Å². The van der Waals surface area contributed by atoms with E-state index < -0.39 is 0 Å². The average molecular weight is 305 g/mol. The minimum Gasteiger partial charge on any atom is -0.455 e. The zero-order chi connectivity index (χ0) is 15.1. The molecule has 112 valence electrons. The van der Waals surface area contributed by atoms with Gasteiger partial charge in [0.1, 0.15) is 11.5 Å². The second kappa shape index (κ2) is 8.01. The van der Waals surface area contributed by atoms with Crippen molar-refractivity contribution in [2.45, 2.75) is 33.2 Å². The molecule has 4 heteroatoms. The zero-order valence-electron chi connectivity index (χ0n) is 12.5. The number of halogens is 1. The Morgan fingerprint density at radius 3 is 2.81 bits per heavy atom. The first-order valence-corrected chi connectivity index (χ1v) is 7.72. The van der Waals surface area contributed by atoms with Crippen molar-refractivity contribution in [3.8, 4) is 11.5 Å². The van der Waals surface area contributed by atoms with Crippen molar-refractivity contribution in [2.75, 3.05) is 6.54 Å². The molecule has 0 saturated heterocycles. The van der Waals surface area contributed by atoms with Gasteiger partial charge in [-0.25, -0.2) is 0 Å². The lowest BCUT2D eigenvalue weighted by Gasteiger charge is -2.12. The van der Waals surface area contributed by atoms with Gasteiger partial charge in [0, 0.05) is 23.3 Å². The molecular formula is C17H21ClN2O. The molecule has 0 fully saturated rings. The summed E-state index contributed by atoms with van der Waals surface area (Å²) in [6, 6.07) is 7.73. The van der Waals surface area contributed by atoms with Crippen LogP contribution >= 0.6 is 11.6 Å². The van der Waals surface area contributed by atoms with Crippen molar-refractivity contribution < 1.29 is 4.74 Å². The molecule has 1 heterocycles. The number of pyridine rings is 1. The fourth-order valence-corrected chi connectivity index (χ4v) is 2.31. The smallest absolute Gasteiger partial charge is 0.150 e. The van der Waals surface area contributed by atoms with Crippen LogP contribution in [0.15, 0.2) is 36.7 Å². The molecule has 3 nitrogen and oxygen atoms in total. The maximum Gasteiger partial charge on any atom is 0.150 e. The van der Waals surface area contributed by atoms with Gasteiger partial charge in [0.2, 0.25) is 0 Å². The molecule has 0 saturated carbocycles. The first-order valence-electron chi connectivity index (χ1n) is 7.34. The fourth-order valence-electron chi connectivity index (χ4n) is 2.06. The SMILES string of the molecule is CCCNCc1ccncc1Oc1ccc(Cl)c(CC)c1. The second-order valence-corrected chi connectivity index (χ2v) is 5.28. The molecule has 0 unspecified atom stereocenters.